The van der Waals surface area contributed by atoms with Gasteiger partial charge in [-0.2, -0.15) is 0 Å². The van der Waals surface area contributed by atoms with Crippen LogP contribution in [0.5, 0.6) is 0 Å². The Hall–Kier alpha value is -0.980. The van der Waals surface area contributed by atoms with Crippen LogP contribution in [0.4, 0.5) is 5.69 Å². The van der Waals surface area contributed by atoms with Crippen molar-refractivity contribution in [1.82, 2.24) is 0 Å². The lowest BCUT2D eigenvalue weighted by molar-refractivity contribution is 0.815. The maximum atomic E-state index is 3.93. The molecule has 0 heterocycles. The zero-order valence-electron chi connectivity index (χ0n) is 9.59. The molecule has 72 valence electrons. The van der Waals surface area contributed by atoms with E-state index in [0.29, 0.717) is 0 Å². The van der Waals surface area contributed by atoms with E-state index < -0.39 is 0 Å². The maximum Gasteiger partial charge on any atom is 0.0366 e. The molecule has 0 fully saturated rings. The minimum atomic E-state index is 0. The van der Waals surface area contributed by atoms with Crippen LogP contribution in [0.2, 0.25) is 0 Å². The Morgan fingerprint density at radius 2 is 1.92 bits per heavy atom. The molecule has 0 aliphatic carbocycles. The van der Waals surface area contributed by atoms with Crippen LogP contribution in [0.15, 0.2) is 24.3 Å². The van der Waals surface area contributed by atoms with E-state index in [1.54, 1.807) is 0 Å². The topological polar surface area (TPSA) is 3.24 Å². The lowest BCUT2D eigenvalue weighted by atomic mass is 10.2. The highest BCUT2D eigenvalue weighted by Gasteiger charge is 2.00. The first-order valence-electron chi connectivity index (χ1n) is 4.88. The van der Waals surface area contributed by atoms with Gasteiger partial charge in [-0.05, 0) is 32.4 Å². The van der Waals surface area contributed by atoms with Gasteiger partial charge in [0.1, 0.15) is 0 Å². The minimum absolute atomic E-state index is 0. The van der Waals surface area contributed by atoms with Crippen LogP contribution in [0.25, 0.3) is 0 Å². The van der Waals surface area contributed by atoms with E-state index in [4.69, 9.17) is 0 Å². The lowest BCUT2D eigenvalue weighted by Crippen LogP contribution is -2.23. The van der Waals surface area contributed by atoms with Crippen molar-refractivity contribution in [3.05, 3.63) is 36.8 Å². The largest absolute Gasteiger partial charge is 0.372 e. The standard InChI is InChI=1S/C12H18N.H/c1-4-10-13(5-2)12-8-6-11(3)7-9-12;/h6-9H,2,4-5,10H2,1,3H3;. The van der Waals surface area contributed by atoms with Gasteiger partial charge in [0.25, 0.3) is 0 Å². The molecule has 0 aromatic heterocycles. The van der Waals surface area contributed by atoms with Gasteiger partial charge < -0.3 is 4.90 Å². The summed E-state index contributed by atoms with van der Waals surface area (Å²) in [5.41, 5.74) is 2.59. The Kier molecular flexibility index (Phi) is 3.81. The van der Waals surface area contributed by atoms with Gasteiger partial charge in [-0.25, -0.2) is 0 Å². The molecule has 13 heavy (non-hydrogen) atoms. The molecule has 1 nitrogen and oxygen atoms in total. The molecule has 0 saturated carbocycles. The fourth-order valence-corrected chi connectivity index (χ4v) is 1.40. The SMILES string of the molecule is [CH2]CN(CCC)c1ccc(C)cc1.[H]. The van der Waals surface area contributed by atoms with E-state index in [-0.39, 0.29) is 1.43 Å². The van der Waals surface area contributed by atoms with Crippen LogP contribution >= 0.6 is 0 Å². The van der Waals surface area contributed by atoms with Crippen molar-refractivity contribution in [3.8, 4) is 0 Å². The molecule has 0 aliphatic heterocycles. The molecule has 0 atom stereocenters. The number of anilines is 1. The second kappa shape index (κ2) is 4.90. The number of aryl methyl sites for hydroxylation is 1. The Morgan fingerprint density at radius 3 is 2.38 bits per heavy atom. The summed E-state index contributed by atoms with van der Waals surface area (Å²) in [5.74, 6) is 0. The van der Waals surface area contributed by atoms with E-state index in [1.165, 1.54) is 17.7 Å². The summed E-state index contributed by atoms with van der Waals surface area (Å²) in [7, 11) is 0. The maximum absolute atomic E-state index is 3.93. The number of nitrogens with zero attached hydrogens (tertiary/aromatic N) is 1. The van der Waals surface area contributed by atoms with E-state index in [2.05, 4.69) is 49.9 Å². The molecule has 1 heteroatoms. The van der Waals surface area contributed by atoms with Crippen molar-refractivity contribution in [2.45, 2.75) is 20.3 Å². The summed E-state index contributed by atoms with van der Waals surface area (Å²) in [4.78, 5) is 2.29. The van der Waals surface area contributed by atoms with Gasteiger partial charge in [-0.15, -0.1) is 0 Å². The molecule has 0 aliphatic rings. The van der Waals surface area contributed by atoms with E-state index >= 15 is 0 Å². The first-order valence-corrected chi connectivity index (χ1v) is 4.88. The summed E-state index contributed by atoms with van der Waals surface area (Å²) >= 11 is 0. The average Bonchev–Trinajstić information content (AvgIpc) is 2.16. The third-order valence-electron chi connectivity index (χ3n) is 2.16. The van der Waals surface area contributed by atoms with Crippen LogP contribution < -0.4 is 4.90 Å². The third kappa shape index (κ3) is 2.76. The first-order chi connectivity index (χ1) is 6.27. The average molecular weight is 177 g/mol. The molecule has 0 unspecified atom stereocenters. The molecule has 1 aromatic carbocycles. The number of hydrogen-bond donors (Lipinski definition) is 0. The molecule has 1 aromatic rings. The molecular formula is C12H19N. The van der Waals surface area contributed by atoms with E-state index in [9.17, 15) is 0 Å². The van der Waals surface area contributed by atoms with Crippen molar-refractivity contribution in [2.75, 3.05) is 18.0 Å². The van der Waals surface area contributed by atoms with Gasteiger partial charge in [0, 0.05) is 20.2 Å². The summed E-state index contributed by atoms with van der Waals surface area (Å²) in [6.07, 6.45) is 1.17. The third-order valence-corrected chi connectivity index (χ3v) is 2.16. The highest BCUT2D eigenvalue weighted by atomic mass is 15.1. The second-order valence-electron chi connectivity index (χ2n) is 3.32. The predicted octanol–water partition coefficient (Wildman–Crippen LogP) is 3.16. The van der Waals surface area contributed by atoms with E-state index in [1.807, 2.05) is 0 Å². The minimum Gasteiger partial charge on any atom is -0.372 e. The molecular weight excluding hydrogens is 158 g/mol. The van der Waals surface area contributed by atoms with Crippen LogP contribution in [0.3, 0.4) is 0 Å². The Labute approximate surface area is 82.9 Å². The fraction of sp³-hybridized carbons (Fsp3) is 0.417. The van der Waals surface area contributed by atoms with Crippen molar-refractivity contribution in [2.24, 2.45) is 0 Å². The summed E-state index contributed by atoms with van der Waals surface area (Å²) in [6, 6.07) is 8.62. The molecule has 0 saturated heterocycles. The molecule has 0 N–H and O–H groups in total. The van der Waals surface area contributed by atoms with Gasteiger partial charge in [-0.3, -0.25) is 0 Å². The highest BCUT2D eigenvalue weighted by Crippen LogP contribution is 2.14. The van der Waals surface area contributed by atoms with Crippen molar-refractivity contribution in [3.63, 3.8) is 0 Å². The number of hydrogen-bond acceptors (Lipinski definition) is 1. The molecule has 2 radical (unpaired) electrons. The van der Waals surface area contributed by atoms with Crippen LogP contribution in [-0.2, 0) is 0 Å². The van der Waals surface area contributed by atoms with Crippen LogP contribution in [-0.4, -0.2) is 13.1 Å². The van der Waals surface area contributed by atoms with Gasteiger partial charge in [0.05, 0.1) is 0 Å². The second-order valence-corrected chi connectivity index (χ2v) is 3.32. The van der Waals surface area contributed by atoms with Gasteiger partial charge >= 0.3 is 0 Å². The van der Waals surface area contributed by atoms with E-state index in [0.717, 1.165) is 13.1 Å². The number of rotatable bonds is 4. The Balaban J connectivity index is 0.00000169. The number of benzene rings is 1. The zero-order chi connectivity index (χ0) is 9.68. The molecule has 0 bridgehead atoms. The van der Waals surface area contributed by atoms with Crippen LogP contribution in [0, 0.1) is 13.8 Å². The highest BCUT2D eigenvalue weighted by molar-refractivity contribution is 5.47. The normalized spacial score (nSPS) is 10.1. The quantitative estimate of drug-likeness (QED) is 0.683. The van der Waals surface area contributed by atoms with Gasteiger partial charge in [0.2, 0.25) is 0 Å². The molecule has 0 amide bonds. The first kappa shape index (κ1) is 10.1. The van der Waals surface area contributed by atoms with Gasteiger partial charge in [0.15, 0.2) is 0 Å². The molecule has 1 rings (SSSR count). The van der Waals surface area contributed by atoms with Crippen LogP contribution in [0.1, 0.15) is 20.3 Å². The van der Waals surface area contributed by atoms with Crippen molar-refractivity contribution >= 4 is 5.69 Å². The van der Waals surface area contributed by atoms with Crippen molar-refractivity contribution < 1.29 is 1.43 Å². The van der Waals surface area contributed by atoms with Gasteiger partial charge in [-0.1, -0.05) is 24.6 Å². The molecule has 0 spiro atoms. The lowest BCUT2D eigenvalue weighted by Gasteiger charge is -2.22. The Bertz CT molecular complexity index is 243. The summed E-state index contributed by atoms with van der Waals surface area (Å²) in [5, 5.41) is 0. The summed E-state index contributed by atoms with van der Waals surface area (Å²) < 4.78 is 0. The predicted molar refractivity (Wildman–Crippen MR) is 60.2 cm³/mol. The zero-order valence-corrected chi connectivity index (χ0v) is 8.59. The fourth-order valence-electron chi connectivity index (χ4n) is 1.40. The smallest absolute Gasteiger partial charge is 0.0366 e. The Morgan fingerprint density at radius 1 is 1.31 bits per heavy atom. The van der Waals surface area contributed by atoms with Crippen molar-refractivity contribution in [1.29, 1.82) is 0 Å². The monoisotopic (exact) mass is 177 g/mol. The summed E-state index contributed by atoms with van der Waals surface area (Å²) in [6.45, 7) is 10.2.